The lowest BCUT2D eigenvalue weighted by Gasteiger charge is -2.30. The molecule has 1 aliphatic heterocycles. The number of nitrogens with one attached hydrogen (secondary N) is 1. The van der Waals surface area contributed by atoms with Gasteiger partial charge in [-0.2, -0.15) is 0 Å². The molecule has 2 amide bonds. The van der Waals surface area contributed by atoms with E-state index in [4.69, 9.17) is 11.6 Å². The molecule has 3 rings (SSSR count). The molecule has 2 aromatic carbocycles. The molecule has 5 nitrogen and oxygen atoms in total. The zero-order valence-corrected chi connectivity index (χ0v) is 17.4. The summed E-state index contributed by atoms with van der Waals surface area (Å²) < 4.78 is 0. The number of amides is 2. The van der Waals surface area contributed by atoms with Crippen LogP contribution in [0, 0.1) is 0 Å². The molecule has 0 aromatic heterocycles. The van der Waals surface area contributed by atoms with Gasteiger partial charge in [0.2, 0.25) is 5.91 Å². The number of carbonyl (C=O) groups excluding carboxylic acids is 2. The second-order valence-corrected chi connectivity index (χ2v) is 8.19. The van der Waals surface area contributed by atoms with Crippen molar-refractivity contribution in [2.45, 2.75) is 4.90 Å². The van der Waals surface area contributed by atoms with E-state index in [9.17, 15) is 9.59 Å². The molecule has 0 spiro atoms. The van der Waals surface area contributed by atoms with Gasteiger partial charge in [-0.15, -0.1) is 0 Å². The van der Waals surface area contributed by atoms with Crippen LogP contribution < -0.4 is 10.2 Å². The fourth-order valence-electron chi connectivity index (χ4n) is 2.75. The highest BCUT2D eigenvalue weighted by Crippen LogP contribution is 2.41. The highest BCUT2D eigenvalue weighted by atomic mass is 35.5. The van der Waals surface area contributed by atoms with E-state index >= 15 is 0 Å². The Morgan fingerprint density at radius 3 is 2.61 bits per heavy atom. The average molecular weight is 416 g/mol. The van der Waals surface area contributed by atoms with Crippen molar-refractivity contribution in [1.29, 1.82) is 0 Å². The second-order valence-electron chi connectivity index (χ2n) is 6.67. The number of rotatable bonds is 6. The van der Waals surface area contributed by atoms with E-state index in [1.807, 2.05) is 61.5 Å². The number of carbonyl (C=O) groups is 2. The van der Waals surface area contributed by atoms with E-state index in [0.717, 1.165) is 22.7 Å². The van der Waals surface area contributed by atoms with Crippen molar-refractivity contribution in [3.8, 4) is 0 Å². The normalized spacial score (nSPS) is 15.1. The standard InChI is InChI=1S/C21H22ClN3O2S/c1-24(2)12-11-23-20(26)14-25-17-5-3-4-6-18(17)28-19(21(25)27)13-15-7-9-16(22)10-8-15/h3-10,13H,11-12,14H2,1-2H3,(H,23,26). The summed E-state index contributed by atoms with van der Waals surface area (Å²) in [4.78, 5) is 30.5. The Morgan fingerprint density at radius 1 is 1.18 bits per heavy atom. The van der Waals surface area contributed by atoms with Crippen molar-refractivity contribution in [3.05, 3.63) is 64.0 Å². The third kappa shape index (κ3) is 5.16. The molecule has 146 valence electrons. The highest BCUT2D eigenvalue weighted by Gasteiger charge is 2.30. The van der Waals surface area contributed by atoms with Crippen LogP contribution in [0.25, 0.3) is 6.08 Å². The number of benzene rings is 2. The lowest BCUT2D eigenvalue weighted by atomic mass is 10.2. The molecule has 0 atom stereocenters. The van der Waals surface area contributed by atoms with Gasteiger partial charge < -0.3 is 10.2 Å². The quantitative estimate of drug-likeness (QED) is 0.734. The molecule has 0 bridgehead atoms. The Bertz CT molecular complexity index is 897. The second kappa shape index (κ2) is 9.28. The van der Waals surface area contributed by atoms with Gasteiger partial charge in [0, 0.05) is 23.0 Å². The van der Waals surface area contributed by atoms with Gasteiger partial charge in [-0.25, -0.2) is 0 Å². The first kappa shape index (κ1) is 20.5. The van der Waals surface area contributed by atoms with Crippen molar-refractivity contribution in [2.24, 2.45) is 0 Å². The van der Waals surface area contributed by atoms with Gasteiger partial charge in [0.15, 0.2) is 0 Å². The lowest BCUT2D eigenvalue weighted by Crippen LogP contribution is -2.43. The number of nitrogens with zero attached hydrogens (tertiary/aromatic N) is 2. The SMILES string of the molecule is CN(C)CCNC(=O)CN1C(=O)C(=Cc2ccc(Cl)cc2)Sc2ccccc21. The van der Waals surface area contributed by atoms with Gasteiger partial charge in [-0.1, -0.05) is 47.6 Å². The molecular weight excluding hydrogens is 394 g/mol. The zero-order chi connectivity index (χ0) is 20.1. The summed E-state index contributed by atoms with van der Waals surface area (Å²) in [6.07, 6.45) is 1.83. The number of thioether (sulfide) groups is 1. The minimum Gasteiger partial charge on any atom is -0.353 e. The monoisotopic (exact) mass is 415 g/mol. The van der Waals surface area contributed by atoms with E-state index in [2.05, 4.69) is 5.32 Å². The molecule has 1 aliphatic rings. The molecule has 0 radical (unpaired) electrons. The molecule has 28 heavy (non-hydrogen) atoms. The number of halogens is 1. The molecule has 0 aliphatic carbocycles. The number of likely N-dealkylation sites (N-methyl/N-ethyl adjacent to an activating group) is 1. The van der Waals surface area contributed by atoms with Gasteiger partial charge >= 0.3 is 0 Å². The molecule has 0 saturated heterocycles. The van der Waals surface area contributed by atoms with Crippen LogP contribution in [0.15, 0.2) is 58.3 Å². The number of para-hydroxylation sites is 1. The molecule has 0 saturated carbocycles. The Balaban J connectivity index is 1.82. The first-order valence-electron chi connectivity index (χ1n) is 8.91. The summed E-state index contributed by atoms with van der Waals surface area (Å²) >= 11 is 7.36. The Kier molecular flexibility index (Phi) is 6.78. The number of hydrogen-bond acceptors (Lipinski definition) is 4. The van der Waals surface area contributed by atoms with Crippen molar-refractivity contribution in [2.75, 3.05) is 38.6 Å². The van der Waals surface area contributed by atoms with Crippen LogP contribution in [0.2, 0.25) is 5.02 Å². The van der Waals surface area contributed by atoms with Gasteiger partial charge in [-0.3, -0.25) is 14.5 Å². The zero-order valence-electron chi connectivity index (χ0n) is 15.8. The predicted molar refractivity (Wildman–Crippen MR) is 116 cm³/mol. The van der Waals surface area contributed by atoms with Crippen molar-refractivity contribution in [1.82, 2.24) is 10.2 Å². The fraction of sp³-hybridized carbons (Fsp3) is 0.238. The largest absolute Gasteiger partial charge is 0.353 e. The maximum Gasteiger partial charge on any atom is 0.265 e. The Labute approximate surface area is 174 Å². The third-order valence-electron chi connectivity index (χ3n) is 4.18. The average Bonchev–Trinajstić information content (AvgIpc) is 2.66. The number of hydrogen-bond donors (Lipinski definition) is 1. The fourth-order valence-corrected chi connectivity index (χ4v) is 3.93. The Morgan fingerprint density at radius 2 is 1.89 bits per heavy atom. The first-order valence-corrected chi connectivity index (χ1v) is 10.1. The van der Waals surface area contributed by atoms with Crippen LogP contribution in [-0.2, 0) is 9.59 Å². The lowest BCUT2D eigenvalue weighted by molar-refractivity contribution is -0.122. The van der Waals surface area contributed by atoms with Crippen LogP contribution in [-0.4, -0.2) is 50.4 Å². The molecule has 0 unspecified atom stereocenters. The minimum atomic E-state index is -0.179. The maximum absolute atomic E-state index is 13.1. The molecule has 0 fully saturated rings. The molecule has 7 heteroatoms. The van der Waals surface area contributed by atoms with Gasteiger partial charge in [-0.05, 0) is 50.0 Å². The van der Waals surface area contributed by atoms with Crippen LogP contribution in [0.4, 0.5) is 5.69 Å². The smallest absolute Gasteiger partial charge is 0.265 e. The van der Waals surface area contributed by atoms with Gasteiger partial charge in [0.25, 0.3) is 5.91 Å². The van der Waals surface area contributed by atoms with E-state index in [1.54, 1.807) is 17.0 Å². The molecule has 2 aromatic rings. The first-order chi connectivity index (χ1) is 13.4. The summed E-state index contributed by atoms with van der Waals surface area (Å²) in [7, 11) is 3.89. The number of fused-ring (bicyclic) bond motifs is 1. The predicted octanol–water partition coefficient (Wildman–Crippen LogP) is 3.50. The summed E-state index contributed by atoms with van der Waals surface area (Å²) in [5.74, 6) is -0.357. The van der Waals surface area contributed by atoms with Crippen LogP contribution in [0.3, 0.4) is 0 Å². The maximum atomic E-state index is 13.1. The van der Waals surface area contributed by atoms with Crippen LogP contribution >= 0.6 is 23.4 Å². The van der Waals surface area contributed by atoms with Crippen molar-refractivity contribution in [3.63, 3.8) is 0 Å². The topological polar surface area (TPSA) is 52.7 Å². The van der Waals surface area contributed by atoms with E-state index < -0.39 is 0 Å². The summed E-state index contributed by atoms with van der Waals surface area (Å²) in [6.45, 7) is 1.27. The molecular formula is C21H22ClN3O2S. The van der Waals surface area contributed by atoms with Crippen LogP contribution in [0.1, 0.15) is 5.56 Å². The summed E-state index contributed by atoms with van der Waals surface area (Å²) in [6, 6.07) is 14.9. The Hall–Kier alpha value is -2.28. The van der Waals surface area contributed by atoms with Crippen molar-refractivity contribution < 1.29 is 9.59 Å². The van der Waals surface area contributed by atoms with E-state index in [1.165, 1.54) is 11.8 Å². The third-order valence-corrected chi connectivity index (χ3v) is 5.51. The number of anilines is 1. The summed E-state index contributed by atoms with van der Waals surface area (Å²) in [5, 5.41) is 3.51. The van der Waals surface area contributed by atoms with Crippen molar-refractivity contribution >= 4 is 46.9 Å². The van der Waals surface area contributed by atoms with Crippen LogP contribution in [0.5, 0.6) is 0 Å². The highest BCUT2D eigenvalue weighted by molar-refractivity contribution is 8.04. The minimum absolute atomic E-state index is 0.0121. The van der Waals surface area contributed by atoms with E-state index in [-0.39, 0.29) is 18.4 Å². The summed E-state index contributed by atoms with van der Waals surface area (Å²) in [5.41, 5.74) is 1.64. The van der Waals surface area contributed by atoms with E-state index in [0.29, 0.717) is 16.5 Å². The molecule has 1 N–H and O–H groups in total. The van der Waals surface area contributed by atoms with Gasteiger partial charge in [0.1, 0.15) is 6.54 Å². The van der Waals surface area contributed by atoms with Gasteiger partial charge in [0.05, 0.1) is 10.6 Å². The molecule has 1 heterocycles.